The fraction of sp³-hybridized carbons (Fsp3) is 0.211. The lowest BCUT2D eigenvalue weighted by molar-refractivity contribution is 0.0527. The van der Waals surface area contributed by atoms with E-state index in [1.807, 2.05) is 36.4 Å². The number of ether oxygens (including phenoxy) is 2. The average Bonchev–Trinajstić information content (AvgIpc) is 2.93. The summed E-state index contributed by atoms with van der Waals surface area (Å²) in [7, 11) is 0. The van der Waals surface area contributed by atoms with Crippen LogP contribution in [0, 0.1) is 6.92 Å². The number of carbonyl (C=O) groups is 1. The molecule has 0 unspecified atom stereocenters. The Morgan fingerprint density at radius 2 is 1.83 bits per heavy atom. The van der Waals surface area contributed by atoms with E-state index in [9.17, 15) is 4.79 Å². The molecule has 23 heavy (non-hydrogen) atoms. The Bertz CT molecular complexity index is 818. The molecular weight excluding hydrogens is 308 g/mol. The van der Waals surface area contributed by atoms with Gasteiger partial charge in [-0.05, 0) is 31.5 Å². The van der Waals surface area contributed by atoms with Gasteiger partial charge in [-0.25, -0.2) is 4.79 Å². The van der Waals surface area contributed by atoms with Gasteiger partial charge in [0.05, 0.1) is 6.61 Å². The monoisotopic (exact) mass is 326 g/mol. The van der Waals surface area contributed by atoms with Gasteiger partial charge in [-0.3, -0.25) is 0 Å². The third kappa shape index (κ3) is 3.37. The fourth-order valence-electron chi connectivity index (χ4n) is 2.34. The number of thiophene rings is 1. The van der Waals surface area contributed by atoms with E-state index < -0.39 is 0 Å². The largest absolute Gasteiger partial charge is 0.486 e. The second kappa shape index (κ2) is 6.84. The molecular formula is C19H18O3S. The second-order valence-corrected chi connectivity index (χ2v) is 6.30. The molecule has 0 saturated carbocycles. The number of carbonyl (C=O) groups excluding carboxylic acids is 1. The summed E-state index contributed by atoms with van der Waals surface area (Å²) in [5.41, 5.74) is 2.28. The first-order valence-electron chi connectivity index (χ1n) is 7.56. The molecule has 2 aromatic carbocycles. The van der Waals surface area contributed by atoms with Gasteiger partial charge in [-0.1, -0.05) is 42.0 Å². The molecule has 0 N–H and O–H groups in total. The predicted molar refractivity (Wildman–Crippen MR) is 93.3 cm³/mol. The zero-order chi connectivity index (χ0) is 16.2. The van der Waals surface area contributed by atoms with Crippen molar-refractivity contribution in [2.75, 3.05) is 6.61 Å². The summed E-state index contributed by atoms with van der Waals surface area (Å²) in [6, 6.07) is 16.0. The van der Waals surface area contributed by atoms with Crippen molar-refractivity contribution in [2.24, 2.45) is 0 Å². The number of aryl methyl sites for hydroxylation is 1. The topological polar surface area (TPSA) is 35.5 Å². The molecule has 0 aliphatic heterocycles. The molecule has 0 amide bonds. The molecule has 0 spiro atoms. The summed E-state index contributed by atoms with van der Waals surface area (Å²) in [4.78, 5) is 12.7. The summed E-state index contributed by atoms with van der Waals surface area (Å²) in [6.45, 7) is 4.63. The zero-order valence-corrected chi connectivity index (χ0v) is 14.0. The summed E-state index contributed by atoms with van der Waals surface area (Å²) in [5.74, 6) is 0.289. The van der Waals surface area contributed by atoms with Crippen molar-refractivity contribution >= 4 is 27.4 Å². The summed E-state index contributed by atoms with van der Waals surface area (Å²) in [6.07, 6.45) is 0. The number of rotatable bonds is 5. The molecule has 4 heteroatoms. The Balaban J connectivity index is 1.92. The van der Waals surface area contributed by atoms with E-state index in [1.54, 1.807) is 6.92 Å². The van der Waals surface area contributed by atoms with Gasteiger partial charge < -0.3 is 9.47 Å². The van der Waals surface area contributed by atoms with Crippen molar-refractivity contribution in [3.63, 3.8) is 0 Å². The van der Waals surface area contributed by atoms with Gasteiger partial charge in [-0.15, -0.1) is 11.3 Å². The number of hydrogen-bond acceptors (Lipinski definition) is 4. The SMILES string of the molecule is CCOC(=O)c1sc2ccccc2c1OCc1ccc(C)cc1. The van der Waals surface area contributed by atoms with Crippen LogP contribution >= 0.6 is 11.3 Å². The highest BCUT2D eigenvalue weighted by atomic mass is 32.1. The van der Waals surface area contributed by atoms with E-state index in [-0.39, 0.29) is 5.97 Å². The molecule has 0 aliphatic carbocycles. The van der Waals surface area contributed by atoms with Crippen LogP contribution < -0.4 is 4.74 Å². The van der Waals surface area contributed by atoms with E-state index in [0.717, 1.165) is 15.6 Å². The maximum atomic E-state index is 12.2. The first-order chi connectivity index (χ1) is 11.2. The summed E-state index contributed by atoms with van der Waals surface area (Å²) in [5, 5.41) is 0.952. The molecule has 0 atom stereocenters. The highest BCUT2D eigenvalue weighted by Gasteiger charge is 2.20. The average molecular weight is 326 g/mol. The van der Waals surface area contributed by atoms with Gasteiger partial charge in [0.15, 0.2) is 10.6 Å². The smallest absolute Gasteiger partial charge is 0.352 e. The highest BCUT2D eigenvalue weighted by Crippen LogP contribution is 2.38. The molecule has 3 nitrogen and oxygen atoms in total. The van der Waals surface area contributed by atoms with Crippen molar-refractivity contribution in [1.29, 1.82) is 0 Å². The Labute approximate surface area is 139 Å². The van der Waals surface area contributed by atoms with E-state index in [0.29, 0.717) is 23.8 Å². The van der Waals surface area contributed by atoms with Crippen molar-refractivity contribution in [3.05, 3.63) is 64.5 Å². The van der Waals surface area contributed by atoms with Crippen molar-refractivity contribution in [3.8, 4) is 5.75 Å². The molecule has 3 rings (SSSR count). The molecule has 0 bridgehead atoms. The number of fused-ring (bicyclic) bond motifs is 1. The fourth-order valence-corrected chi connectivity index (χ4v) is 3.38. The van der Waals surface area contributed by atoms with Crippen LogP contribution in [-0.4, -0.2) is 12.6 Å². The Kier molecular flexibility index (Phi) is 4.63. The van der Waals surface area contributed by atoms with Gasteiger partial charge in [0, 0.05) is 10.1 Å². The minimum atomic E-state index is -0.326. The lowest BCUT2D eigenvalue weighted by Gasteiger charge is -2.08. The minimum absolute atomic E-state index is 0.326. The first-order valence-corrected chi connectivity index (χ1v) is 8.37. The number of benzene rings is 2. The van der Waals surface area contributed by atoms with Crippen LogP contribution in [-0.2, 0) is 11.3 Å². The molecule has 0 fully saturated rings. The van der Waals surface area contributed by atoms with Crippen LogP contribution in [0.25, 0.3) is 10.1 Å². The van der Waals surface area contributed by atoms with Gasteiger partial charge in [0.25, 0.3) is 0 Å². The van der Waals surface area contributed by atoms with Gasteiger partial charge in [0.2, 0.25) is 0 Å². The molecule has 1 aromatic heterocycles. The number of hydrogen-bond donors (Lipinski definition) is 0. The predicted octanol–water partition coefficient (Wildman–Crippen LogP) is 4.97. The maximum absolute atomic E-state index is 12.2. The quantitative estimate of drug-likeness (QED) is 0.621. The molecule has 0 aliphatic rings. The van der Waals surface area contributed by atoms with Crippen molar-refractivity contribution in [1.82, 2.24) is 0 Å². The molecule has 0 saturated heterocycles. The van der Waals surface area contributed by atoms with E-state index >= 15 is 0 Å². The van der Waals surface area contributed by atoms with Crippen LogP contribution in [0.1, 0.15) is 27.7 Å². The molecule has 0 radical (unpaired) electrons. The van der Waals surface area contributed by atoms with Gasteiger partial charge in [0.1, 0.15) is 6.61 Å². The first kappa shape index (κ1) is 15.6. The highest BCUT2D eigenvalue weighted by molar-refractivity contribution is 7.21. The third-order valence-electron chi connectivity index (χ3n) is 3.51. The summed E-state index contributed by atoms with van der Waals surface area (Å²) >= 11 is 1.41. The Hall–Kier alpha value is -2.33. The van der Waals surface area contributed by atoms with E-state index in [1.165, 1.54) is 16.9 Å². The third-order valence-corrected chi connectivity index (χ3v) is 4.65. The van der Waals surface area contributed by atoms with Crippen LogP contribution in [0.2, 0.25) is 0 Å². The molecule has 3 aromatic rings. The maximum Gasteiger partial charge on any atom is 0.352 e. The zero-order valence-electron chi connectivity index (χ0n) is 13.2. The molecule has 1 heterocycles. The van der Waals surface area contributed by atoms with E-state index in [2.05, 4.69) is 19.1 Å². The second-order valence-electron chi connectivity index (χ2n) is 5.25. The minimum Gasteiger partial charge on any atom is -0.486 e. The lowest BCUT2D eigenvalue weighted by atomic mass is 10.2. The van der Waals surface area contributed by atoms with Crippen LogP contribution in [0.5, 0.6) is 5.75 Å². The van der Waals surface area contributed by atoms with Crippen LogP contribution in [0.3, 0.4) is 0 Å². The molecule has 118 valence electrons. The Morgan fingerprint density at radius 1 is 1.09 bits per heavy atom. The van der Waals surface area contributed by atoms with Crippen molar-refractivity contribution < 1.29 is 14.3 Å². The number of esters is 1. The van der Waals surface area contributed by atoms with Crippen molar-refractivity contribution in [2.45, 2.75) is 20.5 Å². The van der Waals surface area contributed by atoms with Gasteiger partial charge >= 0.3 is 5.97 Å². The van der Waals surface area contributed by atoms with Crippen LogP contribution in [0.15, 0.2) is 48.5 Å². The van der Waals surface area contributed by atoms with Gasteiger partial charge in [-0.2, -0.15) is 0 Å². The lowest BCUT2D eigenvalue weighted by Crippen LogP contribution is -2.05. The van der Waals surface area contributed by atoms with Crippen LogP contribution in [0.4, 0.5) is 0 Å². The Morgan fingerprint density at radius 3 is 2.57 bits per heavy atom. The standard InChI is InChI=1S/C19H18O3S/c1-3-21-19(20)18-17(15-6-4-5-7-16(15)23-18)22-12-14-10-8-13(2)9-11-14/h4-11H,3,12H2,1-2H3. The van der Waals surface area contributed by atoms with E-state index in [4.69, 9.17) is 9.47 Å². The summed E-state index contributed by atoms with van der Waals surface area (Å²) < 4.78 is 12.2. The normalized spacial score (nSPS) is 10.7.